The third-order valence-electron chi connectivity index (χ3n) is 2.61. The van der Waals surface area contributed by atoms with Crippen LogP contribution in [0.5, 0.6) is 0 Å². The van der Waals surface area contributed by atoms with Gasteiger partial charge in [-0.15, -0.1) is 20.4 Å². The molecule has 0 amide bonds. The van der Waals surface area contributed by atoms with Gasteiger partial charge in [0, 0.05) is 16.1 Å². The predicted octanol–water partition coefficient (Wildman–Crippen LogP) is 3.25. The Kier molecular flexibility index (Phi) is 3.16. The zero-order chi connectivity index (χ0) is 13.1. The normalized spacial score (nSPS) is 10.4. The van der Waals surface area contributed by atoms with E-state index >= 15 is 0 Å². The van der Waals surface area contributed by atoms with Crippen molar-refractivity contribution < 1.29 is 0 Å². The van der Waals surface area contributed by atoms with Crippen molar-refractivity contribution in [2.75, 3.05) is 0 Å². The lowest BCUT2D eigenvalue weighted by Gasteiger charge is -2.00. The van der Waals surface area contributed by atoms with Crippen LogP contribution in [0.25, 0.3) is 22.8 Å². The monoisotopic (exact) mass is 268 g/mol. The maximum absolute atomic E-state index is 5.83. The van der Waals surface area contributed by atoms with Gasteiger partial charge >= 0.3 is 0 Å². The van der Waals surface area contributed by atoms with Crippen LogP contribution in [0.15, 0.2) is 54.6 Å². The third-order valence-corrected chi connectivity index (χ3v) is 2.87. The van der Waals surface area contributed by atoms with Crippen LogP contribution in [0.1, 0.15) is 0 Å². The lowest BCUT2D eigenvalue weighted by Crippen LogP contribution is -1.98. The Morgan fingerprint density at radius 3 is 1.58 bits per heavy atom. The zero-order valence-electron chi connectivity index (χ0n) is 9.86. The minimum absolute atomic E-state index is 0.483. The summed E-state index contributed by atoms with van der Waals surface area (Å²) >= 11 is 5.83. The lowest BCUT2D eigenvalue weighted by molar-refractivity contribution is 0.876. The summed E-state index contributed by atoms with van der Waals surface area (Å²) in [6.07, 6.45) is 0. The summed E-state index contributed by atoms with van der Waals surface area (Å²) in [5, 5.41) is 17.0. The summed E-state index contributed by atoms with van der Waals surface area (Å²) < 4.78 is 0. The van der Waals surface area contributed by atoms with E-state index < -0.39 is 0 Å². The van der Waals surface area contributed by atoms with Gasteiger partial charge < -0.3 is 0 Å². The average Bonchev–Trinajstić information content (AvgIpc) is 2.49. The Hall–Kier alpha value is -2.33. The molecule has 0 aliphatic carbocycles. The molecular weight excluding hydrogens is 260 g/mol. The maximum Gasteiger partial charge on any atom is 0.203 e. The number of hydrogen-bond donors (Lipinski definition) is 0. The smallest absolute Gasteiger partial charge is 0.126 e. The van der Waals surface area contributed by atoms with Gasteiger partial charge in [-0.1, -0.05) is 41.9 Å². The summed E-state index contributed by atoms with van der Waals surface area (Å²) in [5.41, 5.74) is 1.73. The highest BCUT2D eigenvalue weighted by Crippen LogP contribution is 2.18. The highest BCUT2D eigenvalue weighted by Gasteiger charge is 2.05. The van der Waals surface area contributed by atoms with Gasteiger partial charge in [0.05, 0.1) is 0 Å². The Morgan fingerprint density at radius 1 is 0.579 bits per heavy atom. The van der Waals surface area contributed by atoms with Gasteiger partial charge in [-0.05, 0) is 24.3 Å². The van der Waals surface area contributed by atoms with Crippen LogP contribution in [0.2, 0.25) is 5.02 Å². The molecule has 0 spiro atoms. The van der Waals surface area contributed by atoms with E-state index in [1.807, 2.05) is 42.5 Å². The van der Waals surface area contributed by atoms with E-state index in [0.717, 1.165) is 11.1 Å². The van der Waals surface area contributed by atoms with E-state index in [1.54, 1.807) is 12.1 Å². The molecule has 0 unspecified atom stereocenters. The van der Waals surface area contributed by atoms with Crippen molar-refractivity contribution in [2.45, 2.75) is 0 Å². The van der Waals surface area contributed by atoms with Gasteiger partial charge in [0.15, 0.2) is 0 Å². The molecule has 1 aromatic heterocycles. The van der Waals surface area contributed by atoms with Gasteiger partial charge in [-0.2, -0.15) is 0 Å². The molecule has 4 nitrogen and oxygen atoms in total. The van der Waals surface area contributed by atoms with Crippen molar-refractivity contribution in [2.24, 2.45) is 0 Å². The fourth-order valence-electron chi connectivity index (χ4n) is 1.65. The summed E-state index contributed by atoms with van der Waals surface area (Å²) in [5.74, 6) is 0.995. The first kappa shape index (κ1) is 11.7. The molecule has 0 fully saturated rings. The topological polar surface area (TPSA) is 51.6 Å². The van der Waals surface area contributed by atoms with Crippen molar-refractivity contribution >= 4 is 11.6 Å². The predicted molar refractivity (Wildman–Crippen MR) is 73.5 cm³/mol. The SMILES string of the molecule is Clc1ccc(-c2nnc(-c3ccccc3)nn2)cc1. The first-order valence-electron chi connectivity index (χ1n) is 5.72. The molecule has 92 valence electrons. The molecule has 0 saturated carbocycles. The average molecular weight is 269 g/mol. The molecule has 0 aliphatic heterocycles. The maximum atomic E-state index is 5.83. The van der Waals surface area contributed by atoms with E-state index in [9.17, 15) is 0 Å². The van der Waals surface area contributed by atoms with Crippen LogP contribution in [-0.4, -0.2) is 20.4 Å². The van der Waals surface area contributed by atoms with Gasteiger partial charge in [0.2, 0.25) is 11.6 Å². The van der Waals surface area contributed by atoms with Gasteiger partial charge in [-0.25, -0.2) is 0 Å². The quantitative estimate of drug-likeness (QED) is 0.716. The first-order chi connectivity index (χ1) is 9.33. The molecule has 3 rings (SSSR count). The van der Waals surface area contributed by atoms with Gasteiger partial charge in [0.25, 0.3) is 0 Å². The third kappa shape index (κ3) is 2.58. The zero-order valence-corrected chi connectivity index (χ0v) is 10.6. The molecule has 5 heteroatoms. The van der Waals surface area contributed by atoms with Crippen molar-refractivity contribution in [1.82, 2.24) is 20.4 Å². The summed E-state index contributed by atoms with van der Waals surface area (Å²) in [7, 11) is 0. The molecule has 19 heavy (non-hydrogen) atoms. The largest absolute Gasteiger partial charge is 0.203 e. The Balaban J connectivity index is 1.93. The van der Waals surface area contributed by atoms with Crippen LogP contribution < -0.4 is 0 Å². The second kappa shape index (κ2) is 5.12. The minimum atomic E-state index is 0.483. The Bertz CT molecular complexity index is 666. The first-order valence-corrected chi connectivity index (χ1v) is 6.09. The fourth-order valence-corrected chi connectivity index (χ4v) is 1.77. The van der Waals surface area contributed by atoms with E-state index in [4.69, 9.17) is 11.6 Å². The van der Waals surface area contributed by atoms with Crippen LogP contribution in [0.4, 0.5) is 0 Å². The number of hydrogen-bond acceptors (Lipinski definition) is 4. The molecule has 0 aliphatic rings. The highest BCUT2D eigenvalue weighted by atomic mass is 35.5. The number of rotatable bonds is 2. The molecule has 0 N–H and O–H groups in total. The summed E-state index contributed by atoms with van der Waals surface area (Å²) in [6, 6.07) is 16.9. The molecule has 1 heterocycles. The second-order valence-electron chi connectivity index (χ2n) is 3.92. The molecule has 2 aromatic carbocycles. The lowest BCUT2D eigenvalue weighted by atomic mass is 10.2. The second-order valence-corrected chi connectivity index (χ2v) is 4.36. The molecular formula is C14H9ClN4. The fraction of sp³-hybridized carbons (Fsp3) is 0. The van der Waals surface area contributed by atoms with E-state index in [2.05, 4.69) is 20.4 Å². The molecule has 0 saturated heterocycles. The molecule has 0 radical (unpaired) electrons. The van der Waals surface area contributed by atoms with Crippen molar-refractivity contribution in [3.63, 3.8) is 0 Å². The molecule has 0 atom stereocenters. The highest BCUT2D eigenvalue weighted by molar-refractivity contribution is 6.30. The van der Waals surface area contributed by atoms with Crippen molar-refractivity contribution in [3.05, 3.63) is 59.6 Å². The number of aromatic nitrogens is 4. The van der Waals surface area contributed by atoms with E-state index in [1.165, 1.54) is 0 Å². The van der Waals surface area contributed by atoms with E-state index in [-0.39, 0.29) is 0 Å². The number of nitrogens with zero attached hydrogens (tertiary/aromatic N) is 4. The number of benzene rings is 2. The van der Waals surface area contributed by atoms with Crippen LogP contribution >= 0.6 is 11.6 Å². The Labute approximate surface area is 115 Å². The van der Waals surface area contributed by atoms with Crippen LogP contribution in [0.3, 0.4) is 0 Å². The van der Waals surface area contributed by atoms with E-state index in [0.29, 0.717) is 16.7 Å². The van der Waals surface area contributed by atoms with Gasteiger partial charge in [0.1, 0.15) is 0 Å². The minimum Gasteiger partial charge on any atom is -0.126 e. The van der Waals surface area contributed by atoms with Gasteiger partial charge in [-0.3, -0.25) is 0 Å². The molecule has 3 aromatic rings. The van der Waals surface area contributed by atoms with Crippen LogP contribution in [0, 0.1) is 0 Å². The van der Waals surface area contributed by atoms with Crippen molar-refractivity contribution in [3.8, 4) is 22.8 Å². The summed E-state index contributed by atoms with van der Waals surface area (Å²) in [4.78, 5) is 0. The molecule has 0 bridgehead atoms. The Morgan fingerprint density at radius 2 is 1.05 bits per heavy atom. The van der Waals surface area contributed by atoms with Crippen molar-refractivity contribution in [1.29, 1.82) is 0 Å². The van der Waals surface area contributed by atoms with Crippen LogP contribution in [-0.2, 0) is 0 Å². The standard InChI is InChI=1S/C14H9ClN4/c15-12-8-6-11(7-9-12)14-18-16-13(17-19-14)10-4-2-1-3-5-10/h1-9H. The summed E-state index contributed by atoms with van der Waals surface area (Å²) in [6.45, 7) is 0. The number of halogens is 1.